The lowest BCUT2D eigenvalue weighted by atomic mass is 9.94. The van der Waals surface area contributed by atoms with Crippen molar-refractivity contribution in [2.45, 2.75) is 44.3 Å². The molecule has 2 aliphatic rings. The molecule has 1 aromatic heterocycles. The van der Waals surface area contributed by atoms with Crippen LogP contribution in [-0.4, -0.2) is 61.8 Å². The van der Waals surface area contributed by atoms with Crippen LogP contribution in [0, 0.1) is 17.2 Å². The third-order valence-corrected chi connectivity index (χ3v) is 7.03. The Labute approximate surface area is 214 Å². The van der Waals surface area contributed by atoms with E-state index in [1.807, 2.05) is 17.0 Å². The standard InChI is InChI=1S/C26H31F3N6O2/c1-37-15-10-19-7-12-34(13-8-19)22-16-23(33-25(32-22)26(27,28)29)35-14-9-21(35)24(36)31-11-6-18-2-4-20(17-30)5-3-18/h2-5,16,19,21H,6-15H2,1H3,(H,31,36). The zero-order chi connectivity index (χ0) is 26.4. The first-order valence-electron chi connectivity index (χ1n) is 12.5. The van der Waals surface area contributed by atoms with Crippen LogP contribution in [0.4, 0.5) is 24.8 Å². The second kappa shape index (κ2) is 11.8. The summed E-state index contributed by atoms with van der Waals surface area (Å²) in [5.41, 5.74) is 1.54. The number of ether oxygens (including phenoxy) is 1. The van der Waals surface area contributed by atoms with Crippen LogP contribution in [0.3, 0.4) is 0 Å². The largest absolute Gasteiger partial charge is 0.451 e. The molecule has 1 atom stereocenters. The van der Waals surface area contributed by atoms with Crippen molar-refractivity contribution in [1.29, 1.82) is 5.26 Å². The van der Waals surface area contributed by atoms with Gasteiger partial charge in [0, 0.05) is 46.0 Å². The summed E-state index contributed by atoms with van der Waals surface area (Å²) >= 11 is 0. The molecule has 1 N–H and O–H groups in total. The molecular weight excluding hydrogens is 485 g/mol. The zero-order valence-corrected chi connectivity index (χ0v) is 20.8. The van der Waals surface area contributed by atoms with Crippen LogP contribution in [0.2, 0.25) is 0 Å². The highest BCUT2D eigenvalue weighted by molar-refractivity contribution is 5.86. The van der Waals surface area contributed by atoms with E-state index in [1.54, 1.807) is 30.2 Å². The van der Waals surface area contributed by atoms with E-state index in [2.05, 4.69) is 21.4 Å². The number of benzene rings is 1. The summed E-state index contributed by atoms with van der Waals surface area (Å²) in [5, 5.41) is 11.8. The number of anilines is 2. The summed E-state index contributed by atoms with van der Waals surface area (Å²) in [5.74, 6) is -0.583. The van der Waals surface area contributed by atoms with Gasteiger partial charge in [0.1, 0.15) is 17.7 Å². The molecule has 3 heterocycles. The van der Waals surface area contributed by atoms with Crippen LogP contribution in [-0.2, 0) is 22.1 Å². The summed E-state index contributed by atoms with van der Waals surface area (Å²) in [6, 6.07) is 10.2. The number of nitrogens with zero attached hydrogens (tertiary/aromatic N) is 5. The highest BCUT2D eigenvalue weighted by atomic mass is 19.4. The number of hydrogen-bond acceptors (Lipinski definition) is 7. The number of nitrogens with one attached hydrogen (secondary N) is 1. The summed E-state index contributed by atoms with van der Waals surface area (Å²) < 4.78 is 46.1. The Morgan fingerprint density at radius 2 is 1.84 bits per heavy atom. The first-order chi connectivity index (χ1) is 17.8. The minimum atomic E-state index is -4.69. The van der Waals surface area contributed by atoms with Gasteiger partial charge in [0.05, 0.1) is 11.6 Å². The van der Waals surface area contributed by atoms with Gasteiger partial charge in [0.25, 0.3) is 0 Å². The predicted molar refractivity (Wildman–Crippen MR) is 132 cm³/mol. The number of hydrogen-bond donors (Lipinski definition) is 1. The molecule has 2 aliphatic heterocycles. The van der Waals surface area contributed by atoms with Crippen molar-refractivity contribution >= 4 is 17.5 Å². The molecule has 0 bridgehead atoms. The molecule has 2 aromatic rings. The van der Waals surface area contributed by atoms with E-state index < -0.39 is 18.0 Å². The minimum absolute atomic E-state index is 0.123. The summed E-state index contributed by atoms with van der Waals surface area (Å²) in [4.78, 5) is 23.9. The predicted octanol–water partition coefficient (Wildman–Crippen LogP) is 3.56. The van der Waals surface area contributed by atoms with Crippen LogP contribution in [0.15, 0.2) is 30.3 Å². The fraction of sp³-hybridized carbons (Fsp3) is 0.538. The van der Waals surface area contributed by atoms with Crippen molar-refractivity contribution in [2.75, 3.05) is 49.7 Å². The smallest absolute Gasteiger partial charge is 0.385 e. The molecule has 4 rings (SSSR count). The van der Waals surface area contributed by atoms with E-state index in [0.717, 1.165) is 24.8 Å². The molecule has 2 saturated heterocycles. The number of piperidine rings is 1. The number of carbonyl (C=O) groups excluding carboxylic acids is 1. The summed E-state index contributed by atoms with van der Waals surface area (Å²) in [6.45, 7) is 2.73. The molecule has 0 aliphatic carbocycles. The van der Waals surface area contributed by atoms with Gasteiger partial charge in [-0.3, -0.25) is 4.79 Å². The quantitative estimate of drug-likeness (QED) is 0.545. The third-order valence-electron chi connectivity index (χ3n) is 7.03. The van der Waals surface area contributed by atoms with E-state index in [-0.39, 0.29) is 17.5 Å². The van der Waals surface area contributed by atoms with Crippen LogP contribution >= 0.6 is 0 Å². The molecule has 1 aromatic carbocycles. The Balaban J connectivity index is 1.41. The lowest BCUT2D eigenvalue weighted by molar-refractivity contribution is -0.144. The van der Waals surface area contributed by atoms with Gasteiger partial charge in [0.15, 0.2) is 0 Å². The first kappa shape index (κ1) is 26.7. The van der Waals surface area contributed by atoms with E-state index in [1.165, 1.54) is 0 Å². The van der Waals surface area contributed by atoms with Crippen molar-refractivity contribution in [3.63, 3.8) is 0 Å². The molecule has 0 spiro atoms. The van der Waals surface area contributed by atoms with Crippen LogP contribution in [0.25, 0.3) is 0 Å². The highest BCUT2D eigenvalue weighted by Crippen LogP contribution is 2.34. The Morgan fingerprint density at radius 3 is 2.43 bits per heavy atom. The maximum Gasteiger partial charge on any atom is 0.451 e. The molecule has 1 amide bonds. The number of methoxy groups -OCH3 is 1. The molecule has 2 fully saturated rings. The van der Waals surface area contributed by atoms with E-state index >= 15 is 0 Å². The fourth-order valence-corrected chi connectivity index (χ4v) is 4.72. The molecule has 1 unspecified atom stereocenters. The zero-order valence-electron chi connectivity index (χ0n) is 20.8. The Bertz CT molecular complexity index is 1110. The second-order valence-corrected chi connectivity index (χ2v) is 9.47. The average Bonchev–Trinajstić information content (AvgIpc) is 2.87. The Hall–Kier alpha value is -3.39. The van der Waals surface area contributed by atoms with Crippen LogP contribution < -0.4 is 15.1 Å². The van der Waals surface area contributed by atoms with Gasteiger partial charge in [-0.15, -0.1) is 0 Å². The topological polar surface area (TPSA) is 94.4 Å². The van der Waals surface area contributed by atoms with Gasteiger partial charge in [-0.05, 0) is 55.7 Å². The van der Waals surface area contributed by atoms with Crippen molar-refractivity contribution in [3.05, 3.63) is 47.3 Å². The SMILES string of the molecule is COCCC1CCN(c2cc(N3CCC3C(=O)NCCc3ccc(C#N)cc3)nc(C(F)(F)F)n2)CC1. The molecule has 8 nitrogen and oxygen atoms in total. The number of aromatic nitrogens is 2. The van der Waals surface area contributed by atoms with Crippen molar-refractivity contribution in [3.8, 4) is 6.07 Å². The minimum Gasteiger partial charge on any atom is -0.385 e. The highest BCUT2D eigenvalue weighted by Gasteiger charge is 2.40. The van der Waals surface area contributed by atoms with Crippen molar-refractivity contribution in [2.24, 2.45) is 5.92 Å². The fourth-order valence-electron chi connectivity index (χ4n) is 4.72. The lowest BCUT2D eigenvalue weighted by Gasteiger charge is -2.41. The summed E-state index contributed by atoms with van der Waals surface area (Å²) in [7, 11) is 1.66. The van der Waals surface area contributed by atoms with Gasteiger partial charge in [-0.2, -0.15) is 18.4 Å². The van der Waals surface area contributed by atoms with Gasteiger partial charge >= 0.3 is 6.18 Å². The Kier molecular flexibility index (Phi) is 8.48. The monoisotopic (exact) mass is 516 g/mol. The molecule has 11 heteroatoms. The van der Waals surface area contributed by atoms with E-state index in [9.17, 15) is 18.0 Å². The Morgan fingerprint density at radius 1 is 1.14 bits per heavy atom. The van der Waals surface area contributed by atoms with Gasteiger partial charge in [-0.1, -0.05) is 12.1 Å². The number of rotatable bonds is 9. The number of halogens is 3. The number of nitriles is 1. The molecule has 0 radical (unpaired) electrons. The van der Waals surface area contributed by atoms with Gasteiger partial charge in [-0.25, -0.2) is 9.97 Å². The molecule has 0 saturated carbocycles. The van der Waals surface area contributed by atoms with E-state index in [4.69, 9.17) is 10.00 Å². The number of carbonyl (C=O) groups is 1. The normalized spacial score (nSPS) is 18.3. The van der Waals surface area contributed by atoms with Gasteiger partial charge in [0.2, 0.25) is 11.7 Å². The third kappa shape index (κ3) is 6.68. The van der Waals surface area contributed by atoms with Crippen molar-refractivity contribution < 1.29 is 22.7 Å². The van der Waals surface area contributed by atoms with Crippen molar-refractivity contribution in [1.82, 2.24) is 15.3 Å². The number of amides is 1. The summed E-state index contributed by atoms with van der Waals surface area (Å²) in [6.07, 6.45) is -0.918. The van der Waals surface area contributed by atoms with E-state index in [0.29, 0.717) is 57.1 Å². The molecule has 37 heavy (non-hydrogen) atoms. The van der Waals surface area contributed by atoms with Gasteiger partial charge < -0.3 is 19.9 Å². The molecular formula is C26H31F3N6O2. The number of alkyl halides is 3. The maximum absolute atomic E-state index is 13.7. The second-order valence-electron chi connectivity index (χ2n) is 9.47. The van der Waals surface area contributed by atoms with Crippen LogP contribution in [0.5, 0.6) is 0 Å². The average molecular weight is 517 g/mol. The maximum atomic E-state index is 13.7. The first-order valence-corrected chi connectivity index (χ1v) is 12.5. The van der Waals surface area contributed by atoms with Crippen LogP contribution in [0.1, 0.15) is 42.6 Å². The molecule has 198 valence electrons. The lowest BCUT2D eigenvalue weighted by Crippen LogP contribution is -2.57.